The van der Waals surface area contributed by atoms with Gasteiger partial charge in [-0.2, -0.15) is 0 Å². The van der Waals surface area contributed by atoms with Crippen molar-refractivity contribution in [3.63, 3.8) is 0 Å². The number of ether oxygens (including phenoxy) is 1. The van der Waals surface area contributed by atoms with Gasteiger partial charge in [0.05, 0.1) is 19.3 Å². The van der Waals surface area contributed by atoms with Gasteiger partial charge in [0.15, 0.2) is 0 Å². The maximum absolute atomic E-state index is 9.68. The molecule has 0 amide bonds. The van der Waals surface area contributed by atoms with Gasteiger partial charge in [0.2, 0.25) is 0 Å². The molecule has 1 aliphatic rings. The van der Waals surface area contributed by atoms with E-state index in [9.17, 15) is 5.11 Å². The van der Waals surface area contributed by atoms with Gasteiger partial charge in [0.25, 0.3) is 0 Å². The average Bonchev–Trinajstić information content (AvgIpc) is 2.33. The lowest BCUT2D eigenvalue weighted by atomic mass is 10.1. The first-order valence-corrected chi connectivity index (χ1v) is 6.81. The summed E-state index contributed by atoms with van der Waals surface area (Å²) in [7, 11) is 0. The highest BCUT2D eigenvalue weighted by Crippen LogP contribution is 2.09. The zero-order valence-corrected chi connectivity index (χ0v) is 10.7. The van der Waals surface area contributed by atoms with Crippen LogP contribution >= 0.6 is 0 Å². The molecule has 0 radical (unpaired) electrons. The van der Waals surface area contributed by atoms with E-state index in [0.717, 1.165) is 52.0 Å². The second-order valence-electron chi connectivity index (χ2n) is 4.75. The molecule has 0 aromatic heterocycles. The highest BCUT2D eigenvalue weighted by molar-refractivity contribution is 4.63. The minimum atomic E-state index is -0.0651. The smallest absolute Gasteiger partial charge is 0.0594 e. The van der Waals surface area contributed by atoms with Gasteiger partial charge in [-0.1, -0.05) is 19.8 Å². The van der Waals surface area contributed by atoms with Gasteiger partial charge in [-0.05, 0) is 32.2 Å². The predicted octanol–water partition coefficient (Wildman–Crippen LogP) is 2.04. The van der Waals surface area contributed by atoms with Crippen LogP contribution in [-0.4, -0.2) is 49.0 Å². The monoisotopic (exact) mass is 229 g/mol. The minimum absolute atomic E-state index is 0.0651. The predicted molar refractivity (Wildman–Crippen MR) is 66.6 cm³/mol. The molecular weight excluding hydrogens is 202 g/mol. The Hall–Kier alpha value is -0.120. The largest absolute Gasteiger partial charge is 0.393 e. The van der Waals surface area contributed by atoms with E-state index in [4.69, 9.17) is 4.74 Å². The van der Waals surface area contributed by atoms with Crippen LogP contribution in [-0.2, 0) is 4.74 Å². The Kier molecular flexibility index (Phi) is 7.81. The zero-order valence-electron chi connectivity index (χ0n) is 10.7. The number of rotatable bonds is 8. The molecule has 0 bridgehead atoms. The Labute approximate surface area is 99.8 Å². The van der Waals surface area contributed by atoms with Crippen molar-refractivity contribution in [2.24, 2.45) is 0 Å². The highest BCUT2D eigenvalue weighted by atomic mass is 16.5. The van der Waals surface area contributed by atoms with Gasteiger partial charge < -0.3 is 9.84 Å². The molecule has 1 heterocycles. The third kappa shape index (κ3) is 6.46. The third-order valence-corrected chi connectivity index (χ3v) is 3.26. The maximum Gasteiger partial charge on any atom is 0.0594 e. The summed E-state index contributed by atoms with van der Waals surface area (Å²) in [6.07, 6.45) is 6.60. The van der Waals surface area contributed by atoms with Crippen molar-refractivity contribution in [1.29, 1.82) is 0 Å². The summed E-state index contributed by atoms with van der Waals surface area (Å²) >= 11 is 0. The molecule has 3 heteroatoms. The van der Waals surface area contributed by atoms with Crippen molar-refractivity contribution in [2.45, 2.75) is 51.6 Å². The van der Waals surface area contributed by atoms with Gasteiger partial charge in [-0.15, -0.1) is 0 Å². The first kappa shape index (κ1) is 13.9. The maximum atomic E-state index is 9.68. The Bertz CT molecular complexity index is 158. The van der Waals surface area contributed by atoms with Gasteiger partial charge in [0, 0.05) is 13.1 Å². The number of unbranched alkanes of at least 4 members (excludes halogenated alkanes) is 2. The Morgan fingerprint density at radius 3 is 2.50 bits per heavy atom. The molecule has 1 saturated heterocycles. The fraction of sp³-hybridized carbons (Fsp3) is 1.00. The van der Waals surface area contributed by atoms with Crippen LogP contribution in [0.3, 0.4) is 0 Å². The molecule has 3 nitrogen and oxygen atoms in total. The van der Waals surface area contributed by atoms with Crippen molar-refractivity contribution in [3.8, 4) is 0 Å². The van der Waals surface area contributed by atoms with Crippen LogP contribution in [0.25, 0.3) is 0 Å². The molecule has 0 spiro atoms. The summed E-state index contributed by atoms with van der Waals surface area (Å²) in [4.78, 5) is 2.46. The molecule has 96 valence electrons. The van der Waals surface area contributed by atoms with Gasteiger partial charge in [0.1, 0.15) is 0 Å². The second kappa shape index (κ2) is 8.97. The lowest BCUT2D eigenvalue weighted by molar-refractivity contribution is 0.0365. The Morgan fingerprint density at radius 2 is 1.81 bits per heavy atom. The van der Waals surface area contributed by atoms with E-state index < -0.39 is 0 Å². The van der Waals surface area contributed by atoms with Crippen LogP contribution in [0.5, 0.6) is 0 Å². The second-order valence-corrected chi connectivity index (χ2v) is 4.75. The summed E-state index contributed by atoms with van der Waals surface area (Å²) in [5, 5.41) is 9.68. The van der Waals surface area contributed by atoms with Crippen LogP contribution in [0.2, 0.25) is 0 Å². The molecule has 1 unspecified atom stereocenters. The topological polar surface area (TPSA) is 32.7 Å². The van der Waals surface area contributed by atoms with E-state index in [0.29, 0.717) is 0 Å². The number of hydrogen-bond acceptors (Lipinski definition) is 3. The molecule has 0 saturated carbocycles. The lowest BCUT2D eigenvalue weighted by Gasteiger charge is -2.26. The molecule has 1 aliphatic heterocycles. The molecule has 1 fully saturated rings. The first-order valence-electron chi connectivity index (χ1n) is 6.81. The van der Waals surface area contributed by atoms with Crippen LogP contribution < -0.4 is 0 Å². The number of hydrogen-bond donors (Lipinski definition) is 1. The summed E-state index contributed by atoms with van der Waals surface area (Å²) in [6, 6.07) is 0. The number of aliphatic hydroxyl groups is 1. The molecule has 0 aromatic carbocycles. The summed E-state index contributed by atoms with van der Waals surface area (Å²) in [5.41, 5.74) is 0. The minimum Gasteiger partial charge on any atom is -0.393 e. The summed E-state index contributed by atoms with van der Waals surface area (Å²) in [5.74, 6) is 0. The molecule has 1 rings (SSSR count). The zero-order chi connectivity index (χ0) is 11.6. The van der Waals surface area contributed by atoms with E-state index in [1.165, 1.54) is 19.4 Å². The molecule has 0 aliphatic carbocycles. The van der Waals surface area contributed by atoms with Gasteiger partial charge >= 0.3 is 0 Å². The van der Waals surface area contributed by atoms with Crippen molar-refractivity contribution < 1.29 is 9.84 Å². The fourth-order valence-electron chi connectivity index (χ4n) is 2.12. The Balaban J connectivity index is 1.90. The normalized spacial score (nSPS) is 19.9. The number of aliphatic hydroxyl groups excluding tert-OH is 1. The fourth-order valence-corrected chi connectivity index (χ4v) is 2.12. The van der Waals surface area contributed by atoms with E-state index in [1.807, 2.05) is 0 Å². The third-order valence-electron chi connectivity index (χ3n) is 3.26. The van der Waals surface area contributed by atoms with Crippen molar-refractivity contribution in [1.82, 2.24) is 4.90 Å². The number of nitrogens with zero attached hydrogens (tertiary/aromatic N) is 1. The van der Waals surface area contributed by atoms with Crippen LogP contribution in [0.4, 0.5) is 0 Å². The molecule has 1 N–H and O–H groups in total. The summed E-state index contributed by atoms with van der Waals surface area (Å²) < 4.78 is 5.31. The molecule has 0 aromatic rings. The first-order chi connectivity index (χ1) is 7.83. The Morgan fingerprint density at radius 1 is 1.12 bits per heavy atom. The number of morpholine rings is 1. The van der Waals surface area contributed by atoms with E-state index in [-0.39, 0.29) is 6.10 Å². The highest BCUT2D eigenvalue weighted by Gasteiger charge is 2.09. The SMILES string of the molecule is CCCCC(O)CCCCN1CCOCC1. The van der Waals surface area contributed by atoms with Crippen LogP contribution in [0.15, 0.2) is 0 Å². The van der Waals surface area contributed by atoms with E-state index >= 15 is 0 Å². The van der Waals surface area contributed by atoms with Crippen LogP contribution in [0, 0.1) is 0 Å². The van der Waals surface area contributed by atoms with Gasteiger partial charge in [-0.3, -0.25) is 4.90 Å². The van der Waals surface area contributed by atoms with Gasteiger partial charge in [-0.25, -0.2) is 0 Å². The molecule has 1 atom stereocenters. The quantitative estimate of drug-likeness (QED) is 0.647. The molecule has 16 heavy (non-hydrogen) atoms. The van der Waals surface area contributed by atoms with E-state index in [2.05, 4.69) is 11.8 Å². The summed E-state index contributed by atoms with van der Waals surface area (Å²) in [6.45, 7) is 7.28. The van der Waals surface area contributed by atoms with Crippen molar-refractivity contribution in [2.75, 3.05) is 32.8 Å². The van der Waals surface area contributed by atoms with Crippen molar-refractivity contribution >= 4 is 0 Å². The van der Waals surface area contributed by atoms with Crippen LogP contribution in [0.1, 0.15) is 45.4 Å². The molecular formula is C13H27NO2. The lowest BCUT2D eigenvalue weighted by Crippen LogP contribution is -2.36. The van der Waals surface area contributed by atoms with E-state index in [1.54, 1.807) is 0 Å². The average molecular weight is 229 g/mol. The standard InChI is InChI=1S/C13H27NO2/c1-2-3-6-13(15)7-4-5-8-14-9-11-16-12-10-14/h13,15H,2-12H2,1H3. The van der Waals surface area contributed by atoms with Crippen molar-refractivity contribution in [3.05, 3.63) is 0 Å².